The van der Waals surface area contributed by atoms with E-state index in [-0.39, 0.29) is 16.4 Å². The van der Waals surface area contributed by atoms with Crippen molar-refractivity contribution in [2.75, 3.05) is 0 Å². The van der Waals surface area contributed by atoms with Crippen molar-refractivity contribution >= 4 is 28.6 Å². The summed E-state index contributed by atoms with van der Waals surface area (Å²) in [6.45, 7) is 3.81. The van der Waals surface area contributed by atoms with Gasteiger partial charge in [-0.25, -0.2) is 13.1 Å². The average Bonchev–Trinajstić information content (AvgIpc) is 2.36. The molecule has 0 aromatic heterocycles. The quantitative estimate of drug-likeness (QED) is 0.750. The van der Waals surface area contributed by atoms with Crippen LogP contribution in [-0.2, 0) is 10.0 Å². The summed E-state index contributed by atoms with van der Waals surface area (Å²) in [5, 5.41) is 0. The van der Waals surface area contributed by atoms with Crippen LogP contribution in [0.15, 0.2) is 21.9 Å². The molecule has 1 N–H and O–H groups in total. The topological polar surface area (TPSA) is 63.2 Å². The molecule has 0 saturated heterocycles. The molecule has 1 aliphatic heterocycles. The maximum absolute atomic E-state index is 11.6. The van der Waals surface area contributed by atoms with E-state index in [4.69, 9.17) is 0 Å². The van der Waals surface area contributed by atoms with Crippen molar-refractivity contribution in [3.8, 4) is 0 Å². The molecule has 4 nitrogen and oxygen atoms in total. The third-order valence-electron chi connectivity index (χ3n) is 2.48. The summed E-state index contributed by atoms with van der Waals surface area (Å²) in [5.41, 5.74) is 0.967. The molecule has 0 fully saturated rings. The van der Waals surface area contributed by atoms with Gasteiger partial charge in [-0.1, -0.05) is 13.8 Å². The molecule has 1 aromatic rings. The molecule has 86 valence electrons. The highest BCUT2D eigenvalue weighted by Crippen LogP contribution is 2.32. The van der Waals surface area contributed by atoms with Gasteiger partial charge in [-0.2, -0.15) is 0 Å². The minimum atomic E-state index is -3.68. The van der Waals surface area contributed by atoms with Crippen LogP contribution in [0, 0.1) is 0 Å². The molecule has 1 aromatic carbocycles. The van der Waals surface area contributed by atoms with Gasteiger partial charge in [-0.3, -0.25) is 4.79 Å². The van der Waals surface area contributed by atoms with Crippen molar-refractivity contribution in [2.45, 2.75) is 29.6 Å². The van der Waals surface area contributed by atoms with Crippen LogP contribution in [0.4, 0.5) is 0 Å². The standard InChI is InChI=1S/C10H11NO3S2/c1-5(2)7-3-6(15)4-8-9(7)10(12)11-16(8,13)14/h3-5,15H,1-2H3,(H,11,12). The Morgan fingerprint density at radius 2 is 1.94 bits per heavy atom. The maximum Gasteiger partial charge on any atom is 0.266 e. The predicted molar refractivity (Wildman–Crippen MR) is 62.4 cm³/mol. The van der Waals surface area contributed by atoms with Gasteiger partial charge >= 0.3 is 0 Å². The fourth-order valence-corrected chi connectivity index (χ4v) is 3.33. The molecule has 0 aliphatic carbocycles. The van der Waals surface area contributed by atoms with E-state index >= 15 is 0 Å². The van der Waals surface area contributed by atoms with Gasteiger partial charge < -0.3 is 0 Å². The summed E-state index contributed by atoms with van der Waals surface area (Å²) in [4.78, 5) is 12.2. The summed E-state index contributed by atoms with van der Waals surface area (Å²) in [6.07, 6.45) is 0. The number of benzene rings is 1. The number of amides is 1. The summed E-state index contributed by atoms with van der Waals surface area (Å²) >= 11 is 4.15. The lowest BCUT2D eigenvalue weighted by atomic mass is 9.97. The van der Waals surface area contributed by atoms with Crippen molar-refractivity contribution in [1.29, 1.82) is 0 Å². The fourth-order valence-electron chi connectivity index (χ4n) is 1.76. The van der Waals surface area contributed by atoms with Gasteiger partial charge in [0.1, 0.15) is 4.90 Å². The van der Waals surface area contributed by atoms with Crippen LogP contribution in [0.1, 0.15) is 35.7 Å². The van der Waals surface area contributed by atoms with Crippen LogP contribution < -0.4 is 4.72 Å². The second-order valence-electron chi connectivity index (χ2n) is 4.00. The van der Waals surface area contributed by atoms with Gasteiger partial charge in [-0.15, -0.1) is 12.6 Å². The smallest absolute Gasteiger partial charge is 0.266 e. The van der Waals surface area contributed by atoms with Crippen molar-refractivity contribution in [2.24, 2.45) is 0 Å². The maximum atomic E-state index is 11.6. The summed E-state index contributed by atoms with van der Waals surface area (Å²) < 4.78 is 25.2. The van der Waals surface area contributed by atoms with Crippen molar-refractivity contribution in [1.82, 2.24) is 4.72 Å². The van der Waals surface area contributed by atoms with Crippen molar-refractivity contribution in [3.05, 3.63) is 23.3 Å². The van der Waals surface area contributed by atoms with Crippen LogP contribution in [0.5, 0.6) is 0 Å². The van der Waals surface area contributed by atoms with E-state index in [9.17, 15) is 13.2 Å². The van der Waals surface area contributed by atoms with Crippen molar-refractivity contribution in [3.63, 3.8) is 0 Å². The molecule has 0 bridgehead atoms. The van der Waals surface area contributed by atoms with Crippen LogP contribution in [0.25, 0.3) is 0 Å². The molecule has 2 rings (SSSR count). The fraction of sp³-hybridized carbons (Fsp3) is 0.300. The van der Waals surface area contributed by atoms with E-state index in [2.05, 4.69) is 12.6 Å². The number of carbonyl (C=O) groups excluding carboxylic acids is 1. The first-order valence-corrected chi connectivity index (χ1v) is 6.70. The van der Waals surface area contributed by atoms with Gasteiger partial charge in [-0.05, 0) is 23.6 Å². The summed E-state index contributed by atoms with van der Waals surface area (Å²) in [6, 6.07) is 3.13. The Labute approximate surface area is 99.5 Å². The molecule has 0 radical (unpaired) electrons. The molecular formula is C10H11NO3S2. The number of carbonyl (C=O) groups is 1. The molecule has 6 heteroatoms. The SMILES string of the molecule is CC(C)c1cc(S)cc2c1C(=O)NS2(=O)=O. The first-order valence-electron chi connectivity index (χ1n) is 4.77. The van der Waals surface area contributed by atoms with Crippen LogP contribution in [-0.4, -0.2) is 14.3 Å². The normalized spacial score (nSPS) is 17.4. The van der Waals surface area contributed by atoms with E-state index in [1.165, 1.54) is 6.07 Å². The van der Waals surface area contributed by atoms with E-state index in [1.807, 2.05) is 18.6 Å². The zero-order chi connectivity index (χ0) is 12.1. The molecule has 1 heterocycles. The summed E-state index contributed by atoms with van der Waals surface area (Å²) in [5.74, 6) is -0.480. The molecule has 1 aliphatic rings. The third kappa shape index (κ3) is 1.62. The lowest BCUT2D eigenvalue weighted by molar-refractivity contribution is 0.0984. The molecule has 16 heavy (non-hydrogen) atoms. The third-order valence-corrected chi connectivity index (χ3v) is 4.10. The van der Waals surface area contributed by atoms with Gasteiger partial charge in [0.05, 0.1) is 5.56 Å². The number of thiol groups is 1. The Bertz CT molecular complexity index is 576. The van der Waals surface area contributed by atoms with E-state index < -0.39 is 15.9 Å². The Kier molecular flexibility index (Phi) is 2.51. The van der Waals surface area contributed by atoms with Gasteiger partial charge in [0, 0.05) is 4.90 Å². The van der Waals surface area contributed by atoms with E-state index in [0.717, 1.165) is 0 Å². The monoisotopic (exact) mass is 257 g/mol. The minimum Gasteiger partial charge on any atom is -0.268 e. The summed E-state index contributed by atoms with van der Waals surface area (Å²) in [7, 11) is -3.68. The number of sulfonamides is 1. The highest BCUT2D eigenvalue weighted by atomic mass is 32.2. The second-order valence-corrected chi connectivity index (χ2v) is 6.16. The van der Waals surface area contributed by atoms with E-state index in [1.54, 1.807) is 6.07 Å². The highest BCUT2D eigenvalue weighted by molar-refractivity contribution is 7.90. The Hall–Kier alpha value is -1.01. The molecule has 0 unspecified atom stereocenters. The second kappa shape index (κ2) is 3.49. The van der Waals surface area contributed by atoms with Crippen LogP contribution in [0.2, 0.25) is 0 Å². The highest BCUT2D eigenvalue weighted by Gasteiger charge is 2.35. The van der Waals surface area contributed by atoms with Crippen molar-refractivity contribution < 1.29 is 13.2 Å². The van der Waals surface area contributed by atoms with E-state index in [0.29, 0.717) is 10.5 Å². The molecule has 0 spiro atoms. The molecule has 0 saturated carbocycles. The molecule has 0 atom stereocenters. The van der Waals surface area contributed by atoms with Crippen LogP contribution in [0.3, 0.4) is 0 Å². The first kappa shape index (κ1) is 11.5. The van der Waals surface area contributed by atoms with Crippen LogP contribution >= 0.6 is 12.6 Å². The zero-order valence-electron chi connectivity index (χ0n) is 8.81. The van der Waals surface area contributed by atoms with Gasteiger partial charge in [0.25, 0.3) is 15.9 Å². The number of hydrogen-bond donors (Lipinski definition) is 2. The number of hydrogen-bond acceptors (Lipinski definition) is 4. The molecular weight excluding hydrogens is 246 g/mol. The lowest BCUT2D eigenvalue weighted by Crippen LogP contribution is -2.21. The van der Waals surface area contributed by atoms with Gasteiger partial charge in [0.15, 0.2) is 0 Å². The zero-order valence-corrected chi connectivity index (χ0v) is 10.5. The number of fused-ring (bicyclic) bond motifs is 1. The Morgan fingerprint density at radius 3 is 2.50 bits per heavy atom. The molecule has 1 amide bonds. The Morgan fingerprint density at radius 1 is 1.31 bits per heavy atom. The Balaban J connectivity index is 2.84. The minimum absolute atomic E-state index is 0.0358. The first-order chi connectivity index (χ1) is 7.33. The average molecular weight is 257 g/mol. The predicted octanol–water partition coefficient (Wildman–Crippen LogP) is 1.53. The lowest BCUT2D eigenvalue weighted by Gasteiger charge is -2.09. The van der Waals surface area contributed by atoms with Gasteiger partial charge in [0.2, 0.25) is 0 Å². The largest absolute Gasteiger partial charge is 0.268 e. The number of nitrogens with one attached hydrogen (secondary N) is 1. The number of rotatable bonds is 1.